The summed E-state index contributed by atoms with van der Waals surface area (Å²) in [6.45, 7) is 5.63. The summed E-state index contributed by atoms with van der Waals surface area (Å²) in [5.41, 5.74) is 0. The highest BCUT2D eigenvalue weighted by atomic mass is 16.3. The summed E-state index contributed by atoms with van der Waals surface area (Å²) in [5.74, 6) is 0.764. The minimum atomic E-state index is 0.175. The van der Waals surface area contributed by atoms with E-state index in [-0.39, 0.29) is 18.6 Å². The molecule has 110 valence electrons. The average Bonchev–Trinajstić information content (AvgIpc) is 2.69. The Morgan fingerprint density at radius 1 is 1.11 bits per heavy atom. The minimum Gasteiger partial charge on any atom is -0.395 e. The van der Waals surface area contributed by atoms with Gasteiger partial charge in [-0.3, -0.25) is 9.69 Å². The van der Waals surface area contributed by atoms with Crippen molar-refractivity contribution in [2.24, 2.45) is 5.92 Å². The van der Waals surface area contributed by atoms with Crippen molar-refractivity contribution in [3.05, 3.63) is 0 Å². The van der Waals surface area contributed by atoms with Gasteiger partial charge >= 0.3 is 0 Å². The van der Waals surface area contributed by atoms with Gasteiger partial charge in [0.2, 0.25) is 5.91 Å². The second-order valence-electron chi connectivity index (χ2n) is 6.13. The Morgan fingerprint density at radius 2 is 1.74 bits per heavy atom. The molecule has 0 spiro atoms. The maximum absolute atomic E-state index is 12.4. The van der Waals surface area contributed by atoms with Gasteiger partial charge in [0, 0.05) is 19.1 Å². The van der Waals surface area contributed by atoms with E-state index in [4.69, 9.17) is 0 Å². The first-order valence-electron chi connectivity index (χ1n) is 7.85. The molecule has 4 nitrogen and oxygen atoms in total. The number of carbonyl (C=O) groups is 1. The Morgan fingerprint density at radius 3 is 2.37 bits per heavy atom. The zero-order valence-corrected chi connectivity index (χ0v) is 12.2. The molecule has 2 atom stereocenters. The SMILES string of the molecule is CC1CCN(CC(=O)N2CCCCCCC2)C1CO. The molecule has 4 heteroatoms. The van der Waals surface area contributed by atoms with Crippen LogP contribution in [0.3, 0.4) is 0 Å². The van der Waals surface area contributed by atoms with E-state index < -0.39 is 0 Å². The molecule has 2 saturated heterocycles. The number of amides is 1. The smallest absolute Gasteiger partial charge is 0.236 e. The van der Waals surface area contributed by atoms with Crippen LogP contribution in [0.2, 0.25) is 0 Å². The average molecular weight is 268 g/mol. The molecule has 1 N–H and O–H groups in total. The minimum absolute atomic E-state index is 0.175. The van der Waals surface area contributed by atoms with E-state index in [0.717, 1.165) is 38.9 Å². The summed E-state index contributed by atoms with van der Waals surface area (Å²) >= 11 is 0. The predicted molar refractivity (Wildman–Crippen MR) is 75.9 cm³/mol. The Kier molecular flexibility index (Phi) is 5.64. The van der Waals surface area contributed by atoms with Gasteiger partial charge in [-0.25, -0.2) is 0 Å². The largest absolute Gasteiger partial charge is 0.395 e. The van der Waals surface area contributed by atoms with Gasteiger partial charge in [0.25, 0.3) is 0 Å². The molecule has 2 heterocycles. The van der Waals surface area contributed by atoms with Crippen molar-refractivity contribution in [1.82, 2.24) is 9.80 Å². The van der Waals surface area contributed by atoms with E-state index in [9.17, 15) is 9.90 Å². The fourth-order valence-electron chi connectivity index (χ4n) is 3.35. The highest BCUT2D eigenvalue weighted by Crippen LogP contribution is 2.23. The Hall–Kier alpha value is -0.610. The van der Waals surface area contributed by atoms with E-state index in [1.807, 2.05) is 4.90 Å². The molecule has 2 fully saturated rings. The molecule has 19 heavy (non-hydrogen) atoms. The molecule has 0 saturated carbocycles. The van der Waals surface area contributed by atoms with E-state index in [1.54, 1.807) is 0 Å². The van der Waals surface area contributed by atoms with Gasteiger partial charge in [-0.1, -0.05) is 26.2 Å². The lowest BCUT2D eigenvalue weighted by atomic mass is 10.0. The molecular formula is C15H28N2O2. The van der Waals surface area contributed by atoms with Gasteiger partial charge in [-0.05, 0) is 31.7 Å². The van der Waals surface area contributed by atoms with Crippen LogP contribution in [0, 0.1) is 5.92 Å². The third-order valence-corrected chi connectivity index (χ3v) is 4.73. The van der Waals surface area contributed by atoms with Crippen molar-refractivity contribution >= 4 is 5.91 Å². The first-order valence-corrected chi connectivity index (χ1v) is 7.85. The van der Waals surface area contributed by atoms with Crippen LogP contribution in [0.15, 0.2) is 0 Å². The highest BCUT2D eigenvalue weighted by Gasteiger charge is 2.32. The summed E-state index contributed by atoms with van der Waals surface area (Å²) in [6, 6.07) is 0.179. The standard InChI is InChI=1S/C15H28N2O2/c1-13-7-10-17(14(13)12-18)11-15(19)16-8-5-3-2-4-6-9-16/h13-14,18H,2-12H2,1H3. The number of aliphatic hydroxyl groups excluding tert-OH is 1. The molecular weight excluding hydrogens is 240 g/mol. The summed E-state index contributed by atoms with van der Waals surface area (Å²) in [6.07, 6.45) is 7.21. The number of aliphatic hydroxyl groups is 1. The van der Waals surface area contributed by atoms with Crippen LogP contribution in [0.25, 0.3) is 0 Å². The van der Waals surface area contributed by atoms with Crippen molar-refractivity contribution in [3.63, 3.8) is 0 Å². The van der Waals surface area contributed by atoms with Crippen LogP contribution in [0.5, 0.6) is 0 Å². The molecule has 2 aliphatic rings. The van der Waals surface area contributed by atoms with Crippen molar-refractivity contribution in [1.29, 1.82) is 0 Å². The number of rotatable bonds is 3. The van der Waals surface area contributed by atoms with Crippen molar-refractivity contribution in [3.8, 4) is 0 Å². The fourth-order valence-corrected chi connectivity index (χ4v) is 3.35. The summed E-state index contributed by atoms with van der Waals surface area (Å²) in [5, 5.41) is 9.45. The maximum atomic E-state index is 12.4. The number of nitrogens with zero attached hydrogens (tertiary/aromatic N) is 2. The molecule has 0 aromatic carbocycles. The van der Waals surface area contributed by atoms with Crippen LogP contribution in [0.1, 0.15) is 45.4 Å². The summed E-state index contributed by atoms with van der Waals surface area (Å²) in [7, 11) is 0. The molecule has 2 unspecified atom stereocenters. The predicted octanol–water partition coefficient (Wildman–Crippen LogP) is 1.48. The van der Waals surface area contributed by atoms with Gasteiger partial charge in [-0.2, -0.15) is 0 Å². The van der Waals surface area contributed by atoms with E-state index in [2.05, 4.69) is 11.8 Å². The van der Waals surface area contributed by atoms with Crippen molar-refractivity contribution < 1.29 is 9.90 Å². The molecule has 1 amide bonds. The van der Waals surface area contributed by atoms with E-state index in [0.29, 0.717) is 12.5 Å². The van der Waals surface area contributed by atoms with Crippen molar-refractivity contribution in [2.45, 2.75) is 51.5 Å². The third kappa shape index (κ3) is 3.93. The van der Waals surface area contributed by atoms with Gasteiger partial charge in [-0.15, -0.1) is 0 Å². The normalized spacial score (nSPS) is 30.1. The Labute approximate surface area is 116 Å². The topological polar surface area (TPSA) is 43.8 Å². The number of likely N-dealkylation sites (tertiary alicyclic amines) is 2. The van der Waals surface area contributed by atoms with Gasteiger partial charge in [0.05, 0.1) is 13.2 Å². The second kappa shape index (κ2) is 7.25. The first kappa shape index (κ1) is 14.8. The summed E-state index contributed by atoms with van der Waals surface area (Å²) < 4.78 is 0. The lowest BCUT2D eigenvalue weighted by molar-refractivity contribution is -0.133. The van der Waals surface area contributed by atoms with Crippen LogP contribution in [-0.4, -0.2) is 59.6 Å². The zero-order chi connectivity index (χ0) is 13.7. The van der Waals surface area contributed by atoms with E-state index in [1.165, 1.54) is 19.3 Å². The molecule has 2 aliphatic heterocycles. The lowest BCUT2D eigenvalue weighted by Gasteiger charge is -2.29. The van der Waals surface area contributed by atoms with Crippen LogP contribution >= 0.6 is 0 Å². The number of hydrogen-bond acceptors (Lipinski definition) is 3. The quantitative estimate of drug-likeness (QED) is 0.843. The number of hydrogen-bond donors (Lipinski definition) is 1. The van der Waals surface area contributed by atoms with Crippen LogP contribution in [0.4, 0.5) is 0 Å². The van der Waals surface area contributed by atoms with E-state index >= 15 is 0 Å². The van der Waals surface area contributed by atoms with Crippen LogP contribution in [-0.2, 0) is 4.79 Å². The molecule has 0 aromatic rings. The van der Waals surface area contributed by atoms with Crippen LogP contribution < -0.4 is 0 Å². The molecule has 2 rings (SSSR count). The molecule has 0 bridgehead atoms. The van der Waals surface area contributed by atoms with Crippen molar-refractivity contribution in [2.75, 3.05) is 32.8 Å². The molecule has 0 aliphatic carbocycles. The third-order valence-electron chi connectivity index (χ3n) is 4.73. The lowest BCUT2D eigenvalue weighted by Crippen LogP contribution is -2.45. The fraction of sp³-hybridized carbons (Fsp3) is 0.933. The second-order valence-corrected chi connectivity index (χ2v) is 6.13. The highest BCUT2D eigenvalue weighted by molar-refractivity contribution is 5.78. The summed E-state index contributed by atoms with van der Waals surface area (Å²) in [4.78, 5) is 16.6. The Balaban J connectivity index is 1.85. The zero-order valence-electron chi connectivity index (χ0n) is 12.2. The monoisotopic (exact) mass is 268 g/mol. The molecule has 0 radical (unpaired) electrons. The van der Waals surface area contributed by atoms with Gasteiger partial charge < -0.3 is 10.0 Å². The first-order chi connectivity index (χ1) is 9.22. The number of carbonyl (C=O) groups excluding carboxylic acids is 1. The Bertz CT molecular complexity index is 288. The van der Waals surface area contributed by atoms with Gasteiger partial charge in [0.15, 0.2) is 0 Å². The van der Waals surface area contributed by atoms with Gasteiger partial charge in [0.1, 0.15) is 0 Å². The molecule has 0 aromatic heterocycles. The maximum Gasteiger partial charge on any atom is 0.236 e.